The van der Waals surface area contributed by atoms with Gasteiger partial charge in [-0.15, -0.1) is 13.2 Å². The molecule has 0 fully saturated rings. The highest BCUT2D eigenvalue weighted by Crippen LogP contribution is 2.32. The second kappa shape index (κ2) is 4.91. The van der Waals surface area contributed by atoms with Crippen LogP contribution in [-0.4, -0.2) is 20.2 Å². The molecular weight excluding hydrogens is 269 g/mol. The Kier molecular flexibility index (Phi) is 3.48. The lowest BCUT2D eigenvalue weighted by Crippen LogP contribution is -2.18. The van der Waals surface area contributed by atoms with Gasteiger partial charge in [-0.3, -0.25) is 0 Å². The molecular formula is C10H7F3N2O2S. The van der Waals surface area contributed by atoms with Crippen molar-refractivity contribution >= 4 is 11.7 Å². The minimum atomic E-state index is -4.81. The van der Waals surface area contributed by atoms with Gasteiger partial charge in [0.25, 0.3) is 0 Å². The molecule has 0 saturated carbocycles. The quantitative estimate of drug-likeness (QED) is 0.936. The van der Waals surface area contributed by atoms with E-state index in [1.54, 1.807) is 0 Å². The van der Waals surface area contributed by atoms with Gasteiger partial charge in [0.1, 0.15) is 17.5 Å². The molecule has 18 heavy (non-hydrogen) atoms. The van der Waals surface area contributed by atoms with Gasteiger partial charge in [0, 0.05) is 5.56 Å². The second-order valence-corrected chi connectivity index (χ2v) is 3.88. The minimum absolute atomic E-state index is 0.0116. The predicted octanol–water partition coefficient (Wildman–Crippen LogP) is 2.52. The highest BCUT2D eigenvalue weighted by Gasteiger charge is 2.33. The number of aromatic nitrogens is 2. The fraction of sp³-hybridized carbons (Fsp3) is 0.200. The number of rotatable bonds is 3. The van der Waals surface area contributed by atoms with E-state index in [9.17, 15) is 18.3 Å². The molecule has 1 unspecified atom stereocenters. The Bertz CT molecular complexity index is 516. The largest absolute Gasteiger partial charge is 0.573 e. The van der Waals surface area contributed by atoms with Crippen molar-refractivity contribution in [1.82, 2.24) is 8.75 Å². The molecule has 1 aromatic carbocycles. The zero-order valence-corrected chi connectivity index (χ0v) is 9.57. The first-order valence-corrected chi connectivity index (χ1v) is 5.50. The first-order chi connectivity index (χ1) is 8.47. The molecule has 0 saturated heterocycles. The van der Waals surface area contributed by atoms with Crippen molar-refractivity contribution in [3.8, 4) is 5.75 Å². The standard InChI is InChI=1S/C10H7F3N2O2S/c11-10(12,13)17-8-4-2-1-3-6(8)9(16)7-5-14-18-15-7/h1-5,9,16H. The summed E-state index contributed by atoms with van der Waals surface area (Å²) in [6, 6.07) is 5.36. The second-order valence-electron chi connectivity index (χ2n) is 3.32. The van der Waals surface area contributed by atoms with E-state index in [0.29, 0.717) is 0 Å². The molecule has 4 nitrogen and oxygen atoms in total. The Morgan fingerprint density at radius 1 is 1.28 bits per heavy atom. The molecule has 0 aliphatic heterocycles. The SMILES string of the molecule is OC(c1cnsn1)c1ccccc1OC(F)(F)F. The molecule has 0 aliphatic carbocycles. The van der Waals surface area contributed by atoms with Crippen molar-refractivity contribution in [3.63, 3.8) is 0 Å². The van der Waals surface area contributed by atoms with Crippen LogP contribution in [0.3, 0.4) is 0 Å². The predicted molar refractivity (Wildman–Crippen MR) is 57.1 cm³/mol. The average molecular weight is 276 g/mol. The lowest BCUT2D eigenvalue weighted by molar-refractivity contribution is -0.275. The number of aliphatic hydroxyl groups is 1. The summed E-state index contributed by atoms with van der Waals surface area (Å²) in [5.74, 6) is -0.453. The molecule has 96 valence electrons. The summed E-state index contributed by atoms with van der Waals surface area (Å²) in [5.41, 5.74) is 0.167. The lowest BCUT2D eigenvalue weighted by Gasteiger charge is -2.15. The number of aliphatic hydroxyl groups excluding tert-OH is 1. The van der Waals surface area contributed by atoms with Gasteiger partial charge in [-0.05, 0) is 6.07 Å². The van der Waals surface area contributed by atoms with Crippen LogP contribution in [0, 0.1) is 0 Å². The number of halogens is 3. The van der Waals surface area contributed by atoms with Crippen LogP contribution in [0.1, 0.15) is 17.4 Å². The van der Waals surface area contributed by atoms with Gasteiger partial charge < -0.3 is 9.84 Å². The van der Waals surface area contributed by atoms with Crippen LogP contribution in [-0.2, 0) is 0 Å². The first kappa shape index (κ1) is 12.8. The van der Waals surface area contributed by atoms with Crippen LogP contribution < -0.4 is 4.74 Å². The summed E-state index contributed by atoms with van der Waals surface area (Å²) in [6.45, 7) is 0. The van der Waals surface area contributed by atoms with Gasteiger partial charge in [0.05, 0.1) is 17.9 Å². The summed E-state index contributed by atoms with van der Waals surface area (Å²) >= 11 is 0.859. The molecule has 0 spiro atoms. The van der Waals surface area contributed by atoms with Gasteiger partial charge >= 0.3 is 6.36 Å². The summed E-state index contributed by atoms with van der Waals surface area (Å²) in [5, 5.41) is 9.92. The van der Waals surface area contributed by atoms with E-state index < -0.39 is 18.2 Å². The molecule has 2 aromatic rings. The maximum absolute atomic E-state index is 12.2. The van der Waals surface area contributed by atoms with Crippen LogP contribution in [0.25, 0.3) is 0 Å². The lowest BCUT2D eigenvalue weighted by atomic mass is 10.1. The van der Waals surface area contributed by atoms with Crippen LogP contribution in [0.5, 0.6) is 5.75 Å². The van der Waals surface area contributed by atoms with Crippen molar-refractivity contribution in [2.24, 2.45) is 0 Å². The number of hydrogen-bond acceptors (Lipinski definition) is 5. The van der Waals surface area contributed by atoms with Crippen LogP contribution in [0.15, 0.2) is 30.5 Å². The van der Waals surface area contributed by atoms with Crippen molar-refractivity contribution in [1.29, 1.82) is 0 Å². The van der Waals surface area contributed by atoms with Crippen molar-refractivity contribution in [2.45, 2.75) is 12.5 Å². The van der Waals surface area contributed by atoms with Gasteiger partial charge in [-0.1, -0.05) is 18.2 Å². The van der Waals surface area contributed by atoms with E-state index in [-0.39, 0.29) is 11.3 Å². The number of nitrogens with zero attached hydrogens (tertiary/aromatic N) is 2. The Hall–Kier alpha value is -1.67. The number of hydrogen-bond donors (Lipinski definition) is 1. The van der Waals surface area contributed by atoms with Gasteiger partial charge in [-0.25, -0.2) is 0 Å². The zero-order chi connectivity index (χ0) is 13.2. The van der Waals surface area contributed by atoms with E-state index in [2.05, 4.69) is 13.5 Å². The Morgan fingerprint density at radius 3 is 2.61 bits per heavy atom. The van der Waals surface area contributed by atoms with Crippen molar-refractivity contribution in [3.05, 3.63) is 41.7 Å². The third-order valence-electron chi connectivity index (χ3n) is 2.10. The molecule has 2 rings (SSSR count). The third kappa shape index (κ3) is 2.96. The molecule has 1 aromatic heterocycles. The number of benzene rings is 1. The number of alkyl halides is 3. The molecule has 0 bridgehead atoms. The normalized spacial score (nSPS) is 13.3. The van der Waals surface area contributed by atoms with E-state index in [4.69, 9.17) is 0 Å². The van der Waals surface area contributed by atoms with Gasteiger partial charge in [-0.2, -0.15) is 8.75 Å². The van der Waals surface area contributed by atoms with Gasteiger partial charge in [0.2, 0.25) is 0 Å². The monoisotopic (exact) mass is 276 g/mol. The summed E-state index contributed by atoms with van der Waals surface area (Å²) < 4.78 is 47.9. The van der Waals surface area contributed by atoms with E-state index in [1.807, 2.05) is 0 Å². The fourth-order valence-electron chi connectivity index (χ4n) is 1.38. The number of ether oxygens (including phenoxy) is 1. The van der Waals surface area contributed by atoms with E-state index in [1.165, 1.54) is 24.4 Å². The van der Waals surface area contributed by atoms with Crippen LogP contribution >= 0.6 is 11.7 Å². The smallest absolute Gasteiger partial charge is 0.405 e. The average Bonchev–Trinajstić information content (AvgIpc) is 2.80. The van der Waals surface area contributed by atoms with Crippen molar-refractivity contribution < 1.29 is 23.0 Å². The van der Waals surface area contributed by atoms with Crippen molar-refractivity contribution in [2.75, 3.05) is 0 Å². The van der Waals surface area contributed by atoms with Crippen LogP contribution in [0.4, 0.5) is 13.2 Å². The zero-order valence-electron chi connectivity index (χ0n) is 8.76. The Labute approximate surface area is 104 Å². The molecule has 1 atom stereocenters. The Morgan fingerprint density at radius 2 is 2.00 bits per heavy atom. The van der Waals surface area contributed by atoms with E-state index >= 15 is 0 Å². The fourth-order valence-corrected chi connectivity index (χ4v) is 1.82. The number of para-hydroxylation sites is 1. The molecule has 0 amide bonds. The topological polar surface area (TPSA) is 55.2 Å². The summed E-state index contributed by atoms with van der Waals surface area (Å²) in [4.78, 5) is 0. The highest BCUT2D eigenvalue weighted by atomic mass is 32.1. The minimum Gasteiger partial charge on any atom is -0.405 e. The molecule has 1 heterocycles. The summed E-state index contributed by atoms with van der Waals surface area (Å²) in [7, 11) is 0. The van der Waals surface area contributed by atoms with Crippen LogP contribution in [0.2, 0.25) is 0 Å². The molecule has 1 N–H and O–H groups in total. The molecule has 0 radical (unpaired) electrons. The van der Waals surface area contributed by atoms with Gasteiger partial charge in [0.15, 0.2) is 0 Å². The third-order valence-corrected chi connectivity index (χ3v) is 2.59. The summed E-state index contributed by atoms with van der Waals surface area (Å²) in [6.07, 6.45) is -4.82. The molecule has 8 heteroatoms. The maximum atomic E-state index is 12.2. The first-order valence-electron chi connectivity index (χ1n) is 4.77. The maximum Gasteiger partial charge on any atom is 0.573 e. The Balaban J connectivity index is 2.33. The molecule has 0 aliphatic rings. The van der Waals surface area contributed by atoms with E-state index in [0.717, 1.165) is 17.8 Å². The highest BCUT2D eigenvalue weighted by molar-refractivity contribution is 6.99.